The van der Waals surface area contributed by atoms with Crippen molar-refractivity contribution in [3.63, 3.8) is 0 Å². The smallest absolute Gasteiger partial charge is 0.407 e. The van der Waals surface area contributed by atoms with Crippen LogP contribution in [0.15, 0.2) is 22.3 Å². The van der Waals surface area contributed by atoms with Gasteiger partial charge in [0.1, 0.15) is 11.3 Å². The summed E-state index contributed by atoms with van der Waals surface area (Å²) >= 11 is 3.00. The average Bonchev–Trinajstić information content (AvgIpc) is 3.10. The summed E-state index contributed by atoms with van der Waals surface area (Å²) in [7, 11) is 0. The van der Waals surface area contributed by atoms with Crippen molar-refractivity contribution in [1.82, 2.24) is 15.6 Å². The molecule has 2 amide bonds. The van der Waals surface area contributed by atoms with Crippen molar-refractivity contribution in [2.45, 2.75) is 26.4 Å². The standard InChI is InChI=1S/C15H19N3O3S2/c1-15(2,3)21-14(20)17-6-5-16-13(19)11-12(23-9-18-11)10-4-7-22-8-10/h4,7-9H,5-6H2,1-3H3,(H,16,19)(H,17,20). The van der Waals surface area contributed by atoms with Gasteiger partial charge < -0.3 is 15.4 Å². The fraction of sp³-hybridized carbons (Fsp3) is 0.400. The second-order valence-corrected chi connectivity index (χ2v) is 7.36. The van der Waals surface area contributed by atoms with E-state index in [0.29, 0.717) is 18.8 Å². The predicted octanol–water partition coefficient (Wildman–Crippen LogP) is 3.13. The first-order valence-electron chi connectivity index (χ1n) is 7.08. The molecule has 2 N–H and O–H groups in total. The summed E-state index contributed by atoms with van der Waals surface area (Å²) in [4.78, 5) is 28.7. The number of thiazole rings is 1. The highest BCUT2D eigenvalue weighted by Gasteiger charge is 2.17. The van der Waals surface area contributed by atoms with E-state index in [1.165, 1.54) is 11.3 Å². The molecule has 0 spiro atoms. The number of nitrogens with zero attached hydrogens (tertiary/aromatic N) is 1. The van der Waals surface area contributed by atoms with Crippen molar-refractivity contribution < 1.29 is 14.3 Å². The number of alkyl carbamates (subject to hydrolysis) is 1. The second kappa shape index (κ2) is 7.56. The van der Waals surface area contributed by atoms with Crippen LogP contribution < -0.4 is 10.6 Å². The van der Waals surface area contributed by atoms with E-state index in [2.05, 4.69) is 15.6 Å². The monoisotopic (exact) mass is 353 g/mol. The van der Waals surface area contributed by atoms with Crippen LogP contribution in [0.2, 0.25) is 0 Å². The maximum Gasteiger partial charge on any atom is 0.407 e. The van der Waals surface area contributed by atoms with Gasteiger partial charge >= 0.3 is 6.09 Å². The second-order valence-electron chi connectivity index (χ2n) is 5.73. The van der Waals surface area contributed by atoms with Crippen molar-refractivity contribution in [2.75, 3.05) is 13.1 Å². The van der Waals surface area contributed by atoms with Crippen LogP contribution >= 0.6 is 22.7 Å². The van der Waals surface area contributed by atoms with E-state index in [9.17, 15) is 9.59 Å². The fourth-order valence-corrected chi connectivity index (χ4v) is 3.25. The van der Waals surface area contributed by atoms with Gasteiger partial charge in [0.25, 0.3) is 5.91 Å². The quantitative estimate of drug-likeness (QED) is 0.809. The van der Waals surface area contributed by atoms with Crippen molar-refractivity contribution in [3.8, 4) is 10.4 Å². The first-order valence-corrected chi connectivity index (χ1v) is 8.90. The molecule has 0 saturated heterocycles. The number of hydrogen-bond acceptors (Lipinski definition) is 6. The van der Waals surface area contributed by atoms with Gasteiger partial charge in [0.15, 0.2) is 0 Å². The third-order valence-corrected chi connectivity index (χ3v) is 4.20. The van der Waals surface area contributed by atoms with Crippen LogP contribution in [-0.2, 0) is 4.74 Å². The van der Waals surface area contributed by atoms with Gasteiger partial charge in [-0.25, -0.2) is 9.78 Å². The Bertz CT molecular complexity index is 660. The molecule has 124 valence electrons. The molecule has 2 heterocycles. The van der Waals surface area contributed by atoms with Crippen LogP contribution in [0.3, 0.4) is 0 Å². The molecular weight excluding hydrogens is 334 g/mol. The average molecular weight is 353 g/mol. The molecule has 0 aliphatic rings. The summed E-state index contributed by atoms with van der Waals surface area (Å²) in [5.74, 6) is -0.251. The summed E-state index contributed by atoms with van der Waals surface area (Å²) in [6, 6.07) is 1.96. The zero-order valence-electron chi connectivity index (χ0n) is 13.2. The van der Waals surface area contributed by atoms with E-state index < -0.39 is 11.7 Å². The van der Waals surface area contributed by atoms with Crippen molar-refractivity contribution in [1.29, 1.82) is 0 Å². The Kier molecular flexibility index (Phi) is 5.73. The number of carbonyl (C=O) groups is 2. The predicted molar refractivity (Wildman–Crippen MR) is 92.0 cm³/mol. The number of carbonyl (C=O) groups excluding carboxylic acids is 2. The maximum absolute atomic E-state index is 12.2. The lowest BCUT2D eigenvalue weighted by Crippen LogP contribution is -2.38. The molecule has 2 aromatic rings. The number of aromatic nitrogens is 1. The van der Waals surface area contributed by atoms with Crippen LogP contribution in [0.25, 0.3) is 10.4 Å². The minimum absolute atomic E-state index is 0.251. The number of ether oxygens (including phenoxy) is 1. The lowest BCUT2D eigenvalue weighted by molar-refractivity contribution is 0.0526. The van der Waals surface area contributed by atoms with Crippen molar-refractivity contribution in [2.24, 2.45) is 0 Å². The van der Waals surface area contributed by atoms with Gasteiger partial charge in [0.2, 0.25) is 0 Å². The molecule has 0 atom stereocenters. The molecular formula is C15H19N3O3S2. The van der Waals surface area contributed by atoms with Gasteiger partial charge in [-0.2, -0.15) is 11.3 Å². The number of nitrogens with one attached hydrogen (secondary N) is 2. The molecule has 0 aliphatic carbocycles. The first-order chi connectivity index (χ1) is 10.9. The fourth-order valence-electron chi connectivity index (χ4n) is 1.74. The van der Waals surface area contributed by atoms with Crippen LogP contribution in [0, 0.1) is 0 Å². The summed E-state index contributed by atoms with van der Waals surface area (Å²) in [6.45, 7) is 5.98. The zero-order valence-corrected chi connectivity index (χ0v) is 14.8. The van der Waals surface area contributed by atoms with Crippen molar-refractivity contribution in [3.05, 3.63) is 28.0 Å². The Morgan fingerprint density at radius 1 is 1.26 bits per heavy atom. The normalized spacial score (nSPS) is 11.1. The number of amides is 2. The molecule has 23 heavy (non-hydrogen) atoms. The lowest BCUT2D eigenvalue weighted by Gasteiger charge is -2.19. The van der Waals surface area contributed by atoms with E-state index in [1.54, 1.807) is 37.6 Å². The molecule has 0 saturated carbocycles. The SMILES string of the molecule is CC(C)(C)OC(=O)NCCNC(=O)c1ncsc1-c1ccsc1. The molecule has 0 aliphatic heterocycles. The zero-order chi connectivity index (χ0) is 16.9. The molecule has 8 heteroatoms. The van der Waals surface area contributed by atoms with Gasteiger partial charge in [-0.3, -0.25) is 4.79 Å². The molecule has 0 fully saturated rings. The van der Waals surface area contributed by atoms with E-state index in [-0.39, 0.29) is 5.91 Å². The van der Waals surface area contributed by atoms with Gasteiger partial charge in [-0.05, 0) is 37.6 Å². The highest BCUT2D eigenvalue weighted by molar-refractivity contribution is 7.14. The number of rotatable bonds is 5. The van der Waals surface area contributed by atoms with E-state index in [4.69, 9.17) is 4.74 Å². The van der Waals surface area contributed by atoms with Gasteiger partial charge in [-0.1, -0.05) is 0 Å². The Labute approximate surface area is 142 Å². The van der Waals surface area contributed by atoms with Crippen molar-refractivity contribution >= 4 is 34.7 Å². The maximum atomic E-state index is 12.2. The number of thiophene rings is 1. The highest BCUT2D eigenvalue weighted by atomic mass is 32.1. The minimum atomic E-state index is -0.538. The summed E-state index contributed by atoms with van der Waals surface area (Å²) in [5, 5.41) is 9.27. The lowest BCUT2D eigenvalue weighted by atomic mass is 10.2. The summed E-state index contributed by atoms with van der Waals surface area (Å²) in [5.41, 5.74) is 2.52. The first kappa shape index (κ1) is 17.4. The van der Waals surface area contributed by atoms with E-state index in [0.717, 1.165) is 10.4 Å². The molecule has 0 radical (unpaired) electrons. The Morgan fingerprint density at radius 3 is 2.65 bits per heavy atom. The van der Waals surface area contributed by atoms with Gasteiger partial charge in [0, 0.05) is 18.7 Å². The molecule has 6 nitrogen and oxygen atoms in total. The Morgan fingerprint density at radius 2 is 2.00 bits per heavy atom. The molecule has 0 aromatic carbocycles. The summed E-state index contributed by atoms with van der Waals surface area (Å²) < 4.78 is 5.11. The Hall–Kier alpha value is -1.93. The third-order valence-electron chi connectivity index (χ3n) is 2.64. The third kappa shape index (κ3) is 5.33. The summed E-state index contributed by atoms with van der Waals surface area (Å²) in [6.07, 6.45) is -0.501. The van der Waals surface area contributed by atoms with Crippen LogP contribution in [0.5, 0.6) is 0 Å². The molecule has 0 bridgehead atoms. The van der Waals surface area contributed by atoms with Gasteiger partial charge in [0.05, 0.1) is 10.4 Å². The van der Waals surface area contributed by atoms with Crippen LogP contribution in [-0.4, -0.2) is 35.7 Å². The minimum Gasteiger partial charge on any atom is -0.444 e. The molecule has 2 aromatic heterocycles. The van der Waals surface area contributed by atoms with Gasteiger partial charge in [-0.15, -0.1) is 11.3 Å². The van der Waals surface area contributed by atoms with Crippen LogP contribution in [0.4, 0.5) is 4.79 Å². The topological polar surface area (TPSA) is 80.3 Å². The van der Waals surface area contributed by atoms with E-state index >= 15 is 0 Å². The largest absolute Gasteiger partial charge is 0.444 e. The molecule has 2 rings (SSSR count). The highest BCUT2D eigenvalue weighted by Crippen LogP contribution is 2.29. The van der Waals surface area contributed by atoms with Crippen LogP contribution in [0.1, 0.15) is 31.3 Å². The van der Waals surface area contributed by atoms with E-state index in [1.807, 2.05) is 16.8 Å². The Balaban J connectivity index is 1.80. The number of hydrogen-bond donors (Lipinski definition) is 2. The molecule has 0 unspecified atom stereocenters.